The van der Waals surface area contributed by atoms with Gasteiger partial charge in [-0.1, -0.05) is 26.0 Å². The maximum atomic E-state index is 12.8. The zero-order chi connectivity index (χ0) is 16.8. The van der Waals surface area contributed by atoms with Gasteiger partial charge in [0.05, 0.1) is 17.9 Å². The van der Waals surface area contributed by atoms with Crippen molar-refractivity contribution in [3.05, 3.63) is 29.8 Å². The summed E-state index contributed by atoms with van der Waals surface area (Å²) < 4.78 is 5.05. The second kappa shape index (κ2) is 7.99. The summed E-state index contributed by atoms with van der Waals surface area (Å²) >= 11 is 0. The Morgan fingerprint density at radius 1 is 1.22 bits per heavy atom. The van der Waals surface area contributed by atoms with E-state index in [1.165, 1.54) is 0 Å². The van der Waals surface area contributed by atoms with Crippen LogP contribution in [0.5, 0.6) is 0 Å². The number of nitrogens with zero attached hydrogens (tertiary/aromatic N) is 2. The Morgan fingerprint density at radius 2 is 1.91 bits per heavy atom. The zero-order valence-electron chi connectivity index (χ0n) is 14.2. The molecule has 1 aliphatic rings. The Labute approximate surface area is 138 Å². The summed E-state index contributed by atoms with van der Waals surface area (Å²) in [6, 6.07) is 7.50. The highest BCUT2D eigenvalue weighted by Crippen LogP contribution is 2.25. The van der Waals surface area contributed by atoms with Gasteiger partial charge < -0.3 is 14.5 Å². The summed E-state index contributed by atoms with van der Waals surface area (Å²) in [6.07, 6.45) is 0.978. The number of ether oxygens (including phenoxy) is 1. The number of carbonyl (C=O) groups is 2. The number of rotatable bonds is 6. The molecule has 5 nitrogen and oxygen atoms in total. The summed E-state index contributed by atoms with van der Waals surface area (Å²) in [5.74, 6) is 0.343. The lowest BCUT2D eigenvalue weighted by Crippen LogP contribution is -2.37. The molecule has 0 bridgehead atoms. The van der Waals surface area contributed by atoms with Crippen LogP contribution in [-0.4, -0.2) is 49.6 Å². The highest BCUT2D eigenvalue weighted by atomic mass is 16.5. The number of para-hydroxylation sites is 1. The first-order valence-corrected chi connectivity index (χ1v) is 8.31. The fraction of sp³-hybridized carbons (Fsp3) is 0.556. The molecule has 0 aliphatic carbocycles. The highest BCUT2D eigenvalue weighted by molar-refractivity contribution is 6.01. The van der Waals surface area contributed by atoms with Crippen molar-refractivity contribution >= 4 is 17.6 Å². The van der Waals surface area contributed by atoms with E-state index in [4.69, 9.17) is 4.74 Å². The lowest BCUT2D eigenvalue weighted by molar-refractivity contribution is -0.141. The van der Waals surface area contributed by atoms with Crippen LogP contribution in [-0.2, 0) is 9.53 Å². The van der Waals surface area contributed by atoms with Crippen LogP contribution in [0.3, 0.4) is 0 Å². The minimum Gasteiger partial charge on any atom is -0.465 e. The van der Waals surface area contributed by atoms with Crippen LogP contribution in [0.25, 0.3) is 0 Å². The number of hydrogen-bond acceptors (Lipinski definition) is 4. The molecule has 1 amide bonds. The van der Waals surface area contributed by atoms with Gasteiger partial charge in [0.15, 0.2) is 0 Å². The summed E-state index contributed by atoms with van der Waals surface area (Å²) in [5.41, 5.74) is 1.48. The van der Waals surface area contributed by atoms with Crippen LogP contribution >= 0.6 is 0 Å². The van der Waals surface area contributed by atoms with Crippen molar-refractivity contribution in [2.24, 2.45) is 5.92 Å². The van der Waals surface area contributed by atoms with Gasteiger partial charge in [-0.2, -0.15) is 0 Å². The third kappa shape index (κ3) is 4.47. The van der Waals surface area contributed by atoms with Crippen LogP contribution in [0.1, 0.15) is 37.6 Å². The van der Waals surface area contributed by atoms with Gasteiger partial charge in [-0.05, 0) is 31.4 Å². The molecule has 0 N–H and O–H groups in total. The third-order valence-corrected chi connectivity index (χ3v) is 4.00. The van der Waals surface area contributed by atoms with Crippen LogP contribution in [0.4, 0.5) is 5.69 Å². The Bertz CT molecular complexity index is 557. The minimum atomic E-state index is -0.259. The fourth-order valence-corrected chi connectivity index (χ4v) is 2.72. The van der Waals surface area contributed by atoms with Crippen molar-refractivity contribution < 1.29 is 14.3 Å². The maximum absolute atomic E-state index is 12.8. The molecular formula is C18H26N2O3. The predicted octanol–water partition coefficient (Wildman–Crippen LogP) is 2.56. The molecule has 0 fully saturated rings. The zero-order valence-corrected chi connectivity index (χ0v) is 14.2. The van der Waals surface area contributed by atoms with Crippen molar-refractivity contribution in [3.8, 4) is 0 Å². The van der Waals surface area contributed by atoms with Crippen molar-refractivity contribution in [1.29, 1.82) is 0 Å². The SMILES string of the molecule is CCOC(=O)CN1CCN(CCC(C)C)C(=O)c2ccccc21. The van der Waals surface area contributed by atoms with E-state index in [0.29, 0.717) is 31.2 Å². The first-order valence-electron chi connectivity index (χ1n) is 8.31. The molecule has 0 saturated heterocycles. The average Bonchev–Trinajstić information content (AvgIpc) is 2.64. The summed E-state index contributed by atoms with van der Waals surface area (Å²) in [4.78, 5) is 28.5. The van der Waals surface area contributed by atoms with Crippen LogP contribution in [0, 0.1) is 5.92 Å². The summed E-state index contributed by atoms with van der Waals surface area (Å²) in [6.45, 7) is 8.67. The van der Waals surface area contributed by atoms with E-state index in [9.17, 15) is 9.59 Å². The lowest BCUT2D eigenvalue weighted by atomic mass is 10.1. The van der Waals surface area contributed by atoms with Gasteiger partial charge in [0.25, 0.3) is 5.91 Å². The molecule has 0 saturated carbocycles. The van der Waals surface area contributed by atoms with Crippen molar-refractivity contribution in [2.45, 2.75) is 27.2 Å². The van der Waals surface area contributed by atoms with E-state index in [1.54, 1.807) is 6.92 Å². The van der Waals surface area contributed by atoms with Crippen molar-refractivity contribution in [1.82, 2.24) is 4.90 Å². The van der Waals surface area contributed by atoms with Crippen LogP contribution in [0.2, 0.25) is 0 Å². The number of carbonyl (C=O) groups excluding carboxylic acids is 2. The third-order valence-electron chi connectivity index (χ3n) is 4.00. The van der Waals surface area contributed by atoms with Gasteiger partial charge in [-0.15, -0.1) is 0 Å². The number of benzene rings is 1. The molecule has 126 valence electrons. The van der Waals surface area contributed by atoms with Gasteiger partial charge >= 0.3 is 5.97 Å². The number of amides is 1. The van der Waals surface area contributed by atoms with Crippen molar-refractivity contribution in [3.63, 3.8) is 0 Å². The molecule has 0 radical (unpaired) electrons. The molecule has 0 atom stereocenters. The Hall–Kier alpha value is -2.04. The monoisotopic (exact) mass is 318 g/mol. The van der Waals surface area contributed by atoms with E-state index >= 15 is 0 Å². The van der Waals surface area contributed by atoms with E-state index in [0.717, 1.165) is 18.7 Å². The summed E-state index contributed by atoms with van der Waals surface area (Å²) in [5, 5.41) is 0. The molecule has 23 heavy (non-hydrogen) atoms. The molecule has 0 aromatic heterocycles. The van der Waals surface area contributed by atoms with Gasteiger partial charge in [0.2, 0.25) is 0 Å². The van der Waals surface area contributed by atoms with E-state index in [2.05, 4.69) is 13.8 Å². The largest absolute Gasteiger partial charge is 0.465 e. The number of fused-ring (bicyclic) bond motifs is 1. The fourth-order valence-electron chi connectivity index (χ4n) is 2.72. The first kappa shape index (κ1) is 17.3. The lowest BCUT2D eigenvalue weighted by Gasteiger charge is -2.24. The number of hydrogen-bond donors (Lipinski definition) is 0. The van der Waals surface area contributed by atoms with E-state index < -0.39 is 0 Å². The van der Waals surface area contributed by atoms with Crippen molar-refractivity contribution in [2.75, 3.05) is 37.7 Å². The van der Waals surface area contributed by atoms with Gasteiger partial charge in [-0.3, -0.25) is 9.59 Å². The number of esters is 1. The molecule has 1 heterocycles. The Balaban J connectivity index is 2.21. The Kier molecular flexibility index (Phi) is 6.02. The average molecular weight is 318 g/mol. The first-order chi connectivity index (χ1) is 11.0. The summed E-state index contributed by atoms with van der Waals surface area (Å²) in [7, 11) is 0. The molecule has 0 unspecified atom stereocenters. The highest BCUT2D eigenvalue weighted by Gasteiger charge is 2.27. The second-order valence-electron chi connectivity index (χ2n) is 6.22. The topological polar surface area (TPSA) is 49.9 Å². The minimum absolute atomic E-state index is 0.0487. The standard InChI is InChI=1S/C18H26N2O3/c1-4-23-17(21)13-20-12-11-19(10-9-14(2)3)18(22)15-7-5-6-8-16(15)20/h5-8,14H,4,9-13H2,1-3H3. The Morgan fingerprint density at radius 3 is 2.61 bits per heavy atom. The molecule has 2 rings (SSSR count). The molecule has 5 heteroatoms. The van der Waals surface area contributed by atoms with Gasteiger partial charge in [0.1, 0.15) is 6.54 Å². The molecule has 0 spiro atoms. The normalized spacial score (nSPS) is 14.7. The maximum Gasteiger partial charge on any atom is 0.325 e. The number of anilines is 1. The van der Waals surface area contributed by atoms with Crippen LogP contribution < -0.4 is 4.90 Å². The molecule has 1 aromatic carbocycles. The molecule has 1 aliphatic heterocycles. The van der Waals surface area contributed by atoms with Gasteiger partial charge in [-0.25, -0.2) is 0 Å². The van der Waals surface area contributed by atoms with Crippen LogP contribution in [0.15, 0.2) is 24.3 Å². The van der Waals surface area contributed by atoms with E-state index in [1.807, 2.05) is 34.1 Å². The van der Waals surface area contributed by atoms with E-state index in [-0.39, 0.29) is 18.4 Å². The molecular weight excluding hydrogens is 292 g/mol. The van der Waals surface area contributed by atoms with Gasteiger partial charge in [0, 0.05) is 19.6 Å². The predicted molar refractivity (Wildman–Crippen MR) is 90.6 cm³/mol. The second-order valence-corrected chi connectivity index (χ2v) is 6.22. The smallest absolute Gasteiger partial charge is 0.325 e. The molecule has 1 aromatic rings. The quantitative estimate of drug-likeness (QED) is 0.757.